The Bertz CT molecular complexity index is 192. The Hall–Kier alpha value is 0. The number of hydrogen-bond acceptors (Lipinski definition) is 0. The van der Waals surface area contributed by atoms with Crippen LogP contribution in [0.2, 0.25) is 0 Å². The molecule has 0 aromatic carbocycles. The van der Waals surface area contributed by atoms with Gasteiger partial charge < -0.3 is 0 Å². The van der Waals surface area contributed by atoms with Gasteiger partial charge in [0.2, 0.25) is 0 Å². The molecule has 0 heteroatoms. The van der Waals surface area contributed by atoms with Crippen molar-refractivity contribution in [2.45, 2.75) is 79.6 Å². The highest BCUT2D eigenvalue weighted by atomic mass is 14.4. The number of rotatable bonds is 5. The second kappa shape index (κ2) is 6.07. The van der Waals surface area contributed by atoms with E-state index in [1.807, 2.05) is 0 Å². The summed E-state index contributed by atoms with van der Waals surface area (Å²) in [5, 5.41) is 0. The van der Waals surface area contributed by atoms with E-state index in [2.05, 4.69) is 34.6 Å². The van der Waals surface area contributed by atoms with E-state index >= 15 is 0 Å². The van der Waals surface area contributed by atoms with Crippen molar-refractivity contribution in [1.29, 1.82) is 0 Å². The zero-order valence-corrected chi connectivity index (χ0v) is 12.2. The summed E-state index contributed by atoms with van der Waals surface area (Å²) in [7, 11) is 0. The first-order valence-electron chi connectivity index (χ1n) is 7.44. The maximum absolute atomic E-state index is 2.49. The lowest BCUT2D eigenvalue weighted by molar-refractivity contribution is 0.133. The van der Waals surface area contributed by atoms with Gasteiger partial charge in [0, 0.05) is 0 Å². The standard InChI is InChI=1S/C16H32/c1-6-13(2)9-10-14(3)15-8-7-11-16(4,5)12-15/h13-15H,6-12H2,1-5H3. The van der Waals surface area contributed by atoms with Gasteiger partial charge in [-0.05, 0) is 36.0 Å². The molecule has 96 valence electrons. The summed E-state index contributed by atoms with van der Waals surface area (Å²) in [5.74, 6) is 2.89. The molecule has 0 aromatic heterocycles. The molecule has 1 saturated carbocycles. The lowest BCUT2D eigenvalue weighted by atomic mass is 9.68. The number of hydrogen-bond donors (Lipinski definition) is 0. The SMILES string of the molecule is CCC(C)CCC(C)C1CCCC(C)(C)C1. The maximum Gasteiger partial charge on any atom is -0.0351 e. The van der Waals surface area contributed by atoms with Crippen LogP contribution in [0.5, 0.6) is 0 Å². The second-order valence-electron chi connectivity index (χ2n) is 7.09. The van der Waals surface area contributed by atoms with Gasteiger partial charge in [-0.1, -0.05) is 66.7 Å². The van der Waals surface area contributed by atoms with Gasteiger partial charge in [-0.15, -0.1) is 0 Å². The Kier molecular flexibility index (Phi) is 5.34. The van der Waals surface area contributed by atoms with Gasteiger partial charge >= 0.3 is 0 Å². The van der Waals surface area contributed by atoms with E-state index in [-0.39, 0.29) is 0 Å². The molecular formula is C16H32. The van der Waals surface area contributed by atoms with E-state index < -0.39 is 0 Å². The highest BCUT2D eigenvalue weighted by Gasteiger charge is 2.30. The fourth-order valence-corrected chi connectivity index (χ4v) is 3.23. The van der Waals surface area contributed by atoms with Gasteiger partial charge in [0.15, 0.2) is 0 Å². The van der Waals surface area contributed by atoms with Gasteiger partial charge in [-0.25, -0.2) is 0 Å². The van der Waals surface area contributed by atoms with Gasteiger partial charge in [0.25, 0.3) is 0 Å². The van der Waals surface area contributed by atoms with E-state index in [1.165, 1.54) is 44.9 Å². The molecule has 1 fully saturated rings. The Balaban J connectivity index is 2.33. The van der Waals surface area contributed by atoms with E-state index in [4.69, 9.17) is 0 Å². The Morgan fingerprint density at radius 2 is 1.88 bits per heavy atom. The minimum atomic E-state index is 0.619. The Morgan fingerprint density at radius 1 is 1.19 bits per heavy atom. The van der Waals surface area contributed by atoms with Crippen molar-refractivity contribution in [3.05, 3.63) is 0 Å². The van der Waals surface area contributed by atoms with Crippen LogP contribution < -0.4 is 0 Å². The highest BCUT2D eigenvalue weighted by Crippen LogP contribution is 2.42. The Labute approximate surface area is 103 Å². The smallest absolute Gasteiger partial charge is 0.0351 e. The van der Waals surface area contributed by atoms with Crippen LogP contribution >= 0.6 is 0 Å². The lowest BCUT2D eigenvalue weighted by Gasteiger charge is -2.38. The minimum absolute atomic E-state index is 0.619. The van der Waals surface area contributed by atoms with E-state index in [0.717, 1.165) is 17.8 Å². The molecule has 16 heavy (non-hydrogen) atoms. The zero-order valence-electron chi connectivity index (χ0n) is 12.2. The largest absolute Gasteiger partial charge is 0.0651 e. The summed E-state index contributed by atoms with van der Waals surface area (Å²) < 4.78 is 0. The molecule has 1 aliphatic carbocycles. The van der Waals surface area contributed by atoms with Crippen LogP contribution in [0.3, 0.4) is 0 Å². The summed E-state index contributed by atoms with van der Waals surface area (Å²) in [4.78, 5) is 0. The van der Waals surface area contributed by atoms with Gasteiger partial charge in [-0.3, -0.25) is 0 Å². The monoisotopic (exact) mass is 224 g/mol. The third kappa shape index (κ3) is 4.47. The van der Waals surface area contributed by atoms with Crippen LogP contribution in [0.15, 0.2) is 0 Å². The maximum atomic E-state index is 2.49. The quantitative estimate of drug-likeness (QED) is 0.565. The van der Waals surface area contributed by atoms with Gasteiger partial charge in [-0.2, -0.15) is 0 Å². The molecule has 0 nitrogen and oxygen atoms in total. The van der Waals surface area contributed by atoms with Crippen LogP contribution in [0.25, 0.3) is 0 Å². The fraction of sp³-hybridized carbons (Fsp3) is 1.00. The molecule has 3 unspecified atom stereocenters. The second-order valence-corrected chi connectivity index (χ2v) is 7.09. The summed E-state index contributed by atoms with van der Waals surface area (Å²) >= 11 is 0. The molecule has 1 rings (SSSR count). The van der Waals surface area contributed by atoms with Crippen molar-refractivity contribution >= 4 is 0 Å². The molecule has 0 aromatic rings. The first kappa shape index (κ1) is 14.1. The lowest BCUT2D eigenvalue weighted by Crippen LogP contribution is -2.26. The highest BCUT2D eigenvalue weighted by molar-refractivity contribution is 4.82. The fourth-order valence-electron chi connectivity index (χ4n) is 3.23. The molecule has 0 radical (unpaired) electrons. The van der Waals surface area contributed by atoms with E-state index in [9.17, 15) is 0 Å². The predicted molar refractivity (Wildman–Crippen MR) is 73.6 cm³/mol. The van der Waals surface area contributed by atoms with Gasteiger partial charge in [0.05, 0.1) is 0 Å². The first-order valence-corrected chi connectivity index (χ1v) is 7.44. The molecule has 3 atom stereocenters. The van der Waals surface area contributed by atoms with Crippen molar-refractivity contribution < 1.29 is 0 Å². The average Bonchev–Trinajstić information content (AvgIpc) is 2.23. The molecule has 0 bridgehead atoms. The molecule has 1 aliphatic rings. The molecule has 0 heterocycles. The van der Waals surface area contributed by atoms with E-state index in [0.29, 0.717) is 5.41 Å². The minimum Gasteiger partial charge on any atom is -0.0651 e. The van der Waals surface area contributed by atoms with Crippen molar-refractivity contribution in [3.8, 4) is 0 Å². The summed E-state index contributed by atoms with van der Waals surface area (Å²) in [5.41, 5.74) is 0.619. The first-order chi connectivity index (χ1) is 7.44. The van der Waals surface area contributed by atoms with Crippen LogP contribution in [0.4, 0.5) is 0 Å². The van der Waals surface area contributed by atoms with Crippen molar-refractivity contribution in [2.75, 3.05) is 0 Å². The normalized spacial score (nSPS) is 28.7. The Morgan fingerprint density at radius 3 is 2.44 bits per heavy atom. The van der Waals surface area contributed by atoms with Crippen LogP contribution in [0, 0.1) is 23.2 Å². The molecule has 0 amide bonds. The third-order valence-electron chi connectivity index (χ3n) is 4.86. The van der Waals surface area contributed by atoms with Crippen molar-refractivity contribution in [3.63, 3.8) is 0 Å². The summed E-state index contributed by atoms with van der Waals surface area (Å²) in [6, 6.07) is 0. The third-order valence-corrected chi connectivity index (χ3v) is 4.86. The van der Waals surface area contributed by atoms with E-state index in [1.54, 1.807) is 0 Å². The van der Waals surface area contributed by atoms with Gasteiger partial charge in [0.1, 0.15) is 0 Å². The van der Waals surface area contributed by atoms with Crippen LogP contribution in [-0.4, -0.2) is 0 Å². The van der Waals surface area contributed by atoms with Crippen molar-refractivity contribution in [2.24, 2.45) is 23.2 Å². The van der Waals surface area contributed by atoms with Crippen LogP contribution in [-0.2, 0) is 0 Å². The predicted octanol–water partition coefficient (Wildman–Crippen LogP) is 5.67. The molecule has 0 spiro atoms. The molecule has 0 saturated heterocycles. The topological polar surface area (TPSA) is 0 Å². The summed E-state index contributed by atoms with van der Waals surface area (Å²) in [6.45, 7) is 12.1. The van der Waals surface area contributed by atoms with Crippen molar-refractivity contribution in [1.82, 2.24) is 0 Å². The summed E-state index contributed by atoms with van der Waals surface area (Å²) in [6.07, 6.45) is 10.1. The molecule has 0 N–H and O–H groups in total. The molecule has 0 aliphatic heterocycles. The average molecular weight is 224 g/mol. The van der Waals surface area contributed by atoms with Crippen LogP contribution in [0.1, 0.15) is 79.6 Å². The molecular weight excluding hydrogens is 192 g/mol. The zero-order chi connectivity index (χ0) is 12.2.